The number of carbonyl (C=O) groups is 1. The number of nitrogens with one attached hydrogen (secondary N) is 2. The molecule has 1 aliphatic heterocycles. The van der Waals surface area contributed by atoms with E-state index in [2.05, 4.69) is 10.6 Å². The van der Waals surface area contributed by atoms with E-state index in [4.69, 9.17) is 0 Å². The number of nitrogens with zero attached hydrogens (tertiary/aromatic N) is 1. The number of carbonyl (C=O) groups excluding carboxylic acids is 1. The van der Waals surface area contributed by atoms with Crippen LogP contribution < -0.4 is 10.6 Å². The van der Waals surface area contributed by atoms with E-state index >= 15 is 0 Å². The van der Waals surface area contributed by atoms with Crippen LogP contribution in [-0.4, -0.2) is 36.7 Å². The zero-order valence-corrected chi connectivity index (χ0v) is 12.6. The Balaban J connectivity index is 0.00000200. The minimum atomic E-state index is -0.524. The summed E-state index contributed by atoms with van der Waals surface area (Å²) >= 11 is 1.45. The second kappa shape index (κ2) is 7.47. The highest BCUT2D eigenvalue weighted by atomic mass is 35.5. The van der Waals surface area contributed by atoms with Gasteiger partial charge in [-0.25, -0.2) is 0 Å². The number of nitro groups is 1. The molecule has 0 spiro atoms. The molecule has 6 nitrogen and oxygen atoms in total. The number of hydrogen-bond acceptors (Lipinski definition) is 5. The topological polar surface area (TPSA) is 84.3 Å². The van der Waals surface area contributed by atoms with Crippen LogP contribution >= 0.6 is 24.2 Å². The molecule has 20 heavy (non-hydrogen) atoms. The normalized spacial score (nSPS) is 14.1. The summed E-state index contributed by atoms with van der Waals surface area (Å²) in [6.45, 7) is 2.31. The van der Waals surface area contributed by atoms with Gasteiger partial charge in [0, 0.05) is 36.5 Å². The van der Waals surface area contributed by atoms with Crippen molar-refractivity contribution in [2.24, 2.45) is 5.92 Å². The Labute approximate surface area is 127 Å². The van der Waals surface area contributed by atoms with E-state index in [1.54, 1.807) is 12.1 Å². The maximum Gasteiger partial charge on any atom is 0.282 e. The van der Waals surface area contributed by atoms with Crippen LogP contribution in [0.25, 0.3) is 0 Å². The first-order chi connectivity index (χ1) is 9.11. The number of halogens is 1. The molecule has 1 fully saturated rings. The van der Waals surface area contributed by atoms with Gasteiger partial charge in [-0.1, -0.05) is 0 Å². The van der Waals surface area contributed by atoms with Crippen LogP contribution in [0.5, 0.6) is 0 Å². The first kappa shape index (κ1) is 16.7. The van der Waals surface area contributed by atoms with E-state index in [0.717, 1.165) is 18.0 Å². The van der Waals surface area contributed by atoms with Crippen molar-refractivity contribution in [3.8, 4) is 0 Å². The average Bonchev–Trinajstić information content (AvgIpc) is 2.35. The van der Waals surface area contributed by atoms with Gasteiger partial charge in [0.05, 0.1) is 4.92 Å². The van der Waals surface area contributed by atoms with E-state index in [1.807, 2.05) is 6.26 Å². The third-order valence-corrected chi connectivity index (χ3v) is 3.79. The molecule has 0 aromatic heterocycles. The molecule has 1 saturated heterocycles. The van der Waals surface area contributed by atoms with Crippen molar-refractivity contribution in [3.63, 3.8) is 0 Å². The SMILES string of the molecule is CSc1ccc([N+](=O)[O-])c(C(=O)NCC2CNC2)c1.Cl. The summed E-state index contributed by atoms with van der Waals surface area (Å²) in [5.41, 5.74) is -0.0221. The lowest BCUT2D eigenvalue weighted by molar-refractivity contribution is -0.385. The lowest BCUT2D eigenvalue weighted by atomic mass is 10.0. The monoisotopic (exact) mass is 317 g/mol. The van der Waals surface area contributed by atoms with Crippen molar-refractivity contribution in [2.45, 2.75) is 4.90 Å². The standard InChI is InChI=1S/C12H15N3O3S.ClH/c1-19-9-2-3-11(15(17)18)10(4-9)12(16)14-7-8-5-13-6-8;/h2-4,8,13H,5-7H2,1H3,(H,14,16);1H. The quantitative estimate of drug-likeness (QED) is 0.490. The molecule has 1 aromatic rings. The molecular weight excluding hydrogens is 302 g/mol. The Morgan fingerprint density at radius 1 is 1.55 bits per heavy atom. The molecular formula is C12H16ClN3O3S. The molecule has 0 unspecified atom stereocenters. The Hall–Kier alpha value is -1.31. The smallest absolute Gasteiger partial charge is 0.282 e. The van der Waals surface area contributed by atoms with Crippen LogP contribution in [-0.2, 0) is 0 Å². The Morgan fingerprint density at radius 2 is 2.25 bits per heavy atom. The van der Waals surface area contributed by atoms with E-state index in [-0.39, 0.29) is 29.6 Å². The van der Waals surface area contributed by atoms with Gasteiger partial charge in [-0.3, -0.25) is 14.9 Å². The van der Waals surface area contributed by atoms with Crippen molar-refractivity contribution in [2.75, 3.05) is 25.9 Å². The molecule has 0 radical (unpaired) electrons. The van der Waals surface area contributed by atoms with Crippen LogP contribution in [0, 0.1) is 16.0 Å². The molecule has 1 aliphatic rings. The molecule has 0 bridgehead atoms. The summed E-state index contributed by atoms with van der Waals surface area (Å²) < 4.78 is 0. The summed E-state index contributed by atoms with van der Waals surface area (Å²) in [5, 5.41) is 16.8. The van der Waals surface area contributed by atoms with Gasteiger partial charge in [0.15, 0.2) is 0 Å². The first-order valence-corrected chi connectivity index (χ1v) is 7.15. The largest absolute Gasteiger partial charge is 0.351 e. The zero-order valence-electron chi connectivity index (χ0n) is 10.9. The Morgan fingerprint density at radius 3 is 2.75 bits per heavy atom. The predicted molar refractivity (Wildman–Crippen MR) is 80.8 cm³/mol. The van der Waals surface area contributed by atoms with Gasteiger partial charge >= 0.3 is 0 Å². The molecule has 0 atom stereocenters. The zero-order chi connectivity index (χ0) is 13.8. The molecule has 1 amide bonds. The van der Waals surface area contributed by atoms with Crippen LogP contribution in [0.3, 0.4) is 0 Å². The lowest BCUT2D eigenvalue weighted by Crippen LogP contribution is -2.48. The molecule has 0 aliphatic carbocycles. The third-order valence-electron chi connectivity index (χ3n) is 3.06. The minimum absolute atomic E-state index is 0. The fourth-order valence-electron chi connectivity index (χ4n) is 1.81. The lowest BCUT2D eigenvalue weighted by Gasteiger charge is -2.27. The van der Waals surface area contributed by atoms with Crippen molar-refractivity contribution >= 4 is 35.8 Å². The number of rotatable bonds is 5. The molecule has 2 rings (SSSR count). The molecule has 110 valence electrons. The second-order valence-electron chi connectivity index (χ2n) is 4.37. The molecule has 2 N–H and O–H groups in total. The van der Waals surface area contributed by atoms with Gasteiger partial charge in [-0.2, -0.15) is 0 Å². The molecule has 1 aromatic carbocycles. The van der Waals surface area contributed by atoms with Crippen LogP contribution in [0.15, 0.2) is 23.1 Å². The Kier molecular flexibility index (Phi) is 6.25. The van der Waals surface area contributed by atoms with Gasteiger partial charge < -0.3 is 10.6 Å². The van der Waals surface area contributed by atoms with E-state index in [1.165, 1.54) is 17.8 Å². The molecule has 1 heterocycles. The van der Waals surface area contributed by atoms with E-state index in [9.17, 15) is 14.9 Å². The number of nitro benzene ring substituents is 1. The first-order valence-electron chi connectivity index (χ1n) is 5.93. The highest BCUT2D eigenvalue weighted by molar-refractivity contribution is 7.98. The Bertz CT molecular complexity index is 509. The summed E-state index contributed by atoms with van der Waals surface area (Å²) in [4.78, 5) is 23.3. The summed E-state index contributed by atoms with van der Waals surface area (Å²) in [6.07, 6.45) is 1.86. The summed E-state index contributed by atoms with van der Waals surface area (Å²) in [7, 11) is 0. The van der Waals surface area contributed by atoms with E-state index in [0.29, 0.717) is 12.5 Å². The highest BCUT2D eigenvalue weighted by Crippen LogP contribution is 2.24. The third kappa shape index (κ3) is 3.84. The fraction of sp³-hybridized carbons (Fsp3) is 0.417. The second-order valence-corrected chi connectivity index (χ2v) is 5.25. The van der Waals surface area contributed by atoms with Crippen LogP contribution in [0.2, 0.25) is 0 Å². The van der Waals surface area contributed by atoms with Crippen molar-refractivity contribution in [1.82, 2.24) is 10.6 Å². The fourth-order valence-corrected chi connectivity index (χ4v) is 2.25. The maximum absolute atomic E-state index is 12.0. The van der Waals surface area contributed by atoms with Crippen LogP contribution in [0.1, 0.15) is 10.4 Å². The number of thioether (sulfide) groups is 1. The predicted octanol–water partition coefficient (Wildman–Crippen LogP) is 1.69. The molecule has 0 saturated carbocycles. The summed E-state index contributed by atoms with van der Waals surface area (Å²) in [5.74, 6) is 0.0428. The maximum atomic E-state index is 12.0. The number of amides is 1. The van der Waals surface area contributed by atoms with Gasteiger partial charge in [0.2, 0.25) is 0 Å². The number of benzene rings is 1. The van der Waals surface area contributed by atoms with Crippen molar-refractivity contribution < 1.29 is 9.72 Å². The van der Waals surface area contributed by atoms with Crippen LogP contribution in [0.4, 0.5) is 5.69 Å². The van der Waals surface area contributed by atoms with Gasteiger partial charge in [-0.05, 0) is 18.4 Å². The molecule has 8 heteroatoms. The van der Waals surface area contributed by atoms with Gasteiger partial charge in [0.1, 0.15) is 5.56 Å². The average molecular weight is 318 g/mol. The summed E-state index contributed by atoms with van der Waals surface area (Å²) in [6, 6.07) is 4.60. The van der Waals surface area contributed by atoms with E-state index < -0.39 is 4.92 Å². The highest BCUT2D eigenvalue weighted by Gasteiger charge is 2.22. The van der Waals surface area contributed by atoms with Crippen molar-refractivity contribution in [1.29, 1.82) is 0 Å². The van der Waals surface area contributed by atoms with Gasteiger partial charge in [-0.15, -0.1) is 24.2 Å². The van der Waals surface area contributed by atoms with Crippen molar-refractivity contribution in [3.05, 3.63) is 33.9 Å². The minimum Gasteiger partial charge on any atom is -0.351 e. The van der Waals surface area contributed by atoms with Gasteiger partial charge in [0.25, 0.3) is 11.6 Å². The number of hydrogen-bond donors (Lipinski definition) is 2.